The lowest BCUT2D eigenvalue weighted by Crippen LogP contribution is -2.30. The highest BCUT2D eigenvalue weighted by Gasteiger charge is 2.27. The first-order chi connectivity index (χ1) is 13.7. The summed E-state index contributed by atoms with van der Waals surface area (Å²) in [5, 5.41) is 0. The van der Waals surface area contributed by atoms with Gasteiger partial charge in [0.05, 0.1) is 5.56 Å². The monoisotopic (exact) mass is 371 g/mol. The largest absolute Gasteiger partial charge is 0.335 e. The predicted octanol–water partition coefficient (Wildman–Crippen LogP) is 4.83. The standard InChI is InChI=1S/C24H25N3O/c1-3-26(17-19-9-5-4-6-10-19)24(28)21-13-14-23(25-16-21)27-18(2)15-20-11-7-8-12-22(20)27/h4-14,16,18H,3,15,17H2,1-2H3. The second kappa shape index (κ2) is 7.85. The maximum absolute atomic E-state index is 12.9. The Morgan fingerprint density at radius 3 is 2.54 bits per heavy atom. The molecule has 4 rings (SSSR count). The summed E-state index contributed by atoms with van der Waals surface area (Å²) in [6.07, 6.45) is 2.72. The van der Waals surface area contributed by atoms with Crippen LogP contribution in [0.4, 0.5) is 11.5 Å². The highest BCUT2D eigenvalue weighted by molar-refractivity contribution is 5.94. The Balaban J connectivity index is 1.53. The molecule has 0 saturated carbocycles. The highest BCUT2D eigenvalue weighted by atomic mass is 16.2. The molecular weight excluding hydrogens is 346 g/mol. The quantitative estimate of drug-likeness (QED) is 0.645. The molecule has 0 N–H and O–H groups in total. The van der Waals surface area contributed by atoms with Crippen LogP contribution in [0, 0.1) is 0 Å². The van der Waals surface area contributed by atoms with Gasteiger partial charge in [-0.2, -0.15) is 0 Å². The lowest BCUT2D eigenvalue weighted by molar-refractivity contribution is 0.0752. The molecule has 1 atom stereocenters. The van der Waals surface area contributed by atoms with Crippen LogP contribution in [0.25, 0.3) is 0 Å². The number of hydrogen-bond acceptors (Lipinski definition) is 3. The number of anilines is 2. The van der Waals surface area contributed by atoms with E-state index in [2.05, 4.69) is 41.1 Å². The molecule has 1 aromatic heterocycles. The van der Waals surface area contributed by atoms with Crippen molar-refractivity contribution in [3.63, 3.8) is 0 Å². The topological polar surface area (TPSA) is 36.4 Å². The van der Waals surface area contributed by atoms with Crippen molar-refractivity contribution in [1.29, 1.82) is 0 Å². The van der Waals surface area contributed by atoms with E-state index in [1.807, 2.05) is 54.3 Å². The first-order valence-electron chi connectivity index (χ1n) is 9.83. The summed E-state index contributed by atoms with van der Waals surface area (Å²) in [7, 11) is 0. The van der Waals surface area contributed by atoms with Crippen LogP contribution in [-0.4, -0.2) is 28.4 Å². The fraction of sp³-hybridized carbons (Fsp3) is 0.250. The number of rotatable bonds is 5. The molecule has 0 saturated heterocycles. The SMILES string of the molecule is CCN(Cc1ccccc1)C(=O)c1ccc(N2c3ccccc3CC2C)nc1. The summed E-state index contributed by atoms with van der Waals surface area (Å²) in [5.41, 5.74) is 4.31. The Morgan fingerprint density at radius 2 is 1.82 bits per heavy atom. The molecule has 4 heteroatoms. The van der Waals surface area contributed by atoms with Gasteiger partial charge in [0.1, 0.15) is 5.82 Å². The molecule has 28 heavy (non-hydrogen) atoms. The van der Waals surface area contributed by atoms with Crippen molar-refractivity contribution in [3.05, 3.63) is 89.6 Å². The first kappa shape index (κ1) is 18.2. The number of aromatic nitrogens is 1. The van der Waals surface area contributed by atoms with E-state index in [0.717, 1.165) is 17.8 Å². The van der Waals surface area contributed by atoms with Crippen LogP contribution in [0.2, 0.25) is 0 Å². The van der Waals surface area contributed by atoms with Crippen LogP contribution in [0.1, 0.15) is 35.3 Å². The van der Waals surface area contributed by atoms with Crippen LogP contribution in [0.15, 0.2) is 72.9 Å². The number of benzene rings is 2. The minimum Gasteiger partial charge on any atom is -0.335 e. The van der Waals surface area contributed by atoms with Crippen LogP contribution in [0.5, 0.6) is 0 Å². The van der Waals surface area contributed by atoms with E-state index in [1.54, 1.807) is 6.20 Å². The van der Waals surface area contributed by atoms with E-state index in [-0.39, 0.29) is 5.91 Å². The highest BCUT2D eigenvalue weighted by Crippen LogP contribution is 2.37. The summed E-state index contributed by atoms with van der Waals surface area (Å²) in [5.74, 6) is 0.903. The van der Waals surface area contributed by atoms with Gasteiger partial charge in [0, 0.05) is 31.0 Å². The number of para-hydroxylation sites is 1. The maximum atomic E-state index is 12.9. The molecule has 2 heterocycles. The van der Waals surface area contributed by atoms with Crippen LogP contribution in [-0.2, 0) is 13.0 Å². The van der Waals surface area contributed by atoms with Gasteiger partial charge < -0.3 is 9.80 Å². The van der Waals surface area contributed by atoms with Crippen molar-refractivity contribution in [2.75, 3.05) is 11.4 Å². The Kier molecular flexibility index (Phi) is 5.11. The number of nitrogens with zero attached hydrogens (tertiary/aromatic N) is 3. The van der Waals surface area contributed by atoms with Gasteiger partial charge in [-0.25, -0.2) is 4.98 Å². The van der Waals surface area contributed by atoms with Crippen molar-refractivity contribution in [3.8, 4) is 0 Å². The Bertz CT molecular complexity index is 953. The molecule has 0 bridgehead atoms. The summed E-state index contributed by atoms with van der Waals surface area (Å²) < 4.78 is 0. The van der Waals surface area contributed by atoms with Gasteiger partial charge in [0.2, 0.25) is 0 Å². The van der Waals surface area contributed by atoms with E-state index in [1.165, 1.54) is 11.3 Å². The first-order valence-corrected chi connectivity index (χ1v) is 9.83. The van der Waals surface area contributed by atoms with E-state index >= 15 is 0 Å². The maximum Gasteiger partial charge on any atom is 0.255 e. The van der Waals surface area contributed by atoms with Gasteiger partial charge in [-0.3, -0.25) is 4.79 Å². The third-order valence-electron chi connectivity index (χ3n) is 5.33. The molecule has 2 aromatic carbocycles. The molecule has 1 amide bonds. The van der Waals surface area contributed by atoms with Crippen molar-refractivity contribution in [2.45, 2.75) is 32.9 Å². The molecular formula is C24H25N3O. The molecule has 1 unspecified atom stereocenters. The van der Waals surface area contributed by atoms with Crippen LogP contribution in [0.3, 0.4) is 0 Å². The van der Waals surface area contributed by atoms with Gasteiger partial charge >= 0.3 is 0 Å². The summed E-state index contributed by atoms with van der Waals surface area (Å²) in [4.78, 5) is 21.7. The smallest absolute Gasteiger partial charge is 0.255 e. The number of fused-ring (bicyclic) bond motifs is 1. The molecule has 3 aromatic rings. The molecule has 0 aliphatic carbocycles. The third-order valence-corrected chi connectivity index (χ3v) is 5.33. The number of amides is 1. The van der Waals surface area contributed by atoms with Gasteiger partial charge in [-0.05, 0) is 49.6 Å². The molecule has 0 spiro atoms. The Labute approximate surface area is 166 Å². The number of carbonyl (C=O) groups is 1. The number of carbonyl (C=O) groups excluding carboxylic acids is 1. The molecule has 4 nitrogen and oxygen atoms in total. The zero-order chi connectivity index (χ0) is 19.5. The van der Waals surface area contributed by atoms with E-state index in [4.69, 9.17) is 0 Å². The molecule has 1 aliphatic rings. The summed E-state index contributed by atoms with van der Waals surface area (Å²) in [6, 6.07) is 22.7. The van der Waals surface area contributed by atoms with E-state index in [0.29, 0.717) is 24.7 Å². The van der Waals surface area contributed by atoms with Crippen molar-refractivity contribution >= 4 is 17.4 Å². The Morgan fingerprint density at radius 1 is 1.07 bits per heavy atom. The van der Waals surface area contributed by atoms with E-state index < -0.39 is 0 Å². The number of hydrogen-bond donors (Lipinski definition) is 0. The zero-order valence-corrected chi connectivity index (χ0v) is 16.4. The molecule has 0 fully saturated rings. The lowest BCUT2D eigenvalue weighted by Gasteiger charge is -2.24. The predicted molar refractivity (Wildman–Crippen MR) is 113 cm³/mol. The minimum absolute atomic E-state index is 0.0141. The van der Waals surface area contributed by atoms with E-state index in [9.17, 15) is 4.79 Å². The molecule has 1 aliphatic heterocycles. The normalized spacial score (nSPS) is 15.4. The van der Waals surface area contributed by atoms with Crippen molar-refractivity contribution in [1.82, 2.24) is 9.88 Å². The van der Waals surface area contributed by atoms with Crippen molar-refractivity contribution < 1.29 is 4.79 Å². The second-order valence-electron chi connectivity index (χ2n) is 7.26. The zero-order valence-electron chi connectivity index (χ0n) is 16.4. The van der Waals surface area contributed by atoms with Gasteiger partial charge in [0.25, 0.3) is 5.91 Å². The van der Waals surface area contributed by atoms with Gasteiger partial charge in [0.15, 0.2) is 0 Å². The lowest BCUT2D eigenvalue weighted by atomic mass is 10.1. The summed E-state index contributed by atoms with van der Waals surface area (Å²) in [6.45, 7) is 5.48. The number of pyridine rings is 1. The van der Waals surface area contributed by atoms with Gasteiger partial charge in [-0.1, -0.05) is 48.5 Å². The fourth-order valence-corrected chi connectivity index (χ4v) is 3.88. The average molecular weight is 371 g/mol. The Hall–Kier alpha value is -3.14. The fourth-order valence-electron chi connectivity index (χ4n) is 3.88. The van der Waals surface area contributed by atoms with Gasteiger partial charge in [-0.15, -0.1) is 0 Å². The summed E-state index contributed by atoms with van der Waals surface area (Å²) >= 11 is 0. The minimum atomic E-state index is 0.0141. The molecule has 0 radical (unpaired) electrons. The third kappa shape index (κ3) is 3.50. The van der Waals surface area contributed by atoms with Crippen LogP contribution >= 0.6 is 0 Å². The average Bonchev–Trinajstić information content (AvgIpc) is 3.08. The molecule has 142 valence electrons. The van der Waals surface area contributed by atoms with Crippen molar-refractivity contribution in [2.24, 2.45) is 0 Å². The second-order valence-corrected chi connectivity index (χ2v) is 7.26. The van der Waals surface area contributed by atoms with Crippen LogP contribution < -0.4 is 4.90 Å².